The van der Waals surface area contributed by atoms with E-state index in [1.807, 2.05) is 48.5 Å². The number of aliphatic carboxylic acids is 1. The summed E-state index contributed by atoms with van der Waals surface area (Å²) in [5.74, 6) is -1.41. The van der Waals surface area contributed by atoms with Crippen LogP contribution in [0.1, 0.15) is 16.0 Å². The molecule has 1 aliphatic rings. The molecule has 0 spiro atoms. The van der Waals surface area contributed by atoms with Crippen molar-refractivity contribution in [2.24, 2.45) is 4.99 Å². The van der Waals surface area contributed by atoms with Crippen molar-refractivity contribution in [3.05, 3.63) is 94.9 Å². The van der Waals surface area contributed by atoms with Crippen LogP contribution in [0, 0.1) is 0 Å². The molecule has 154 valence electrons. The number of carboxylic acid groups (broad SMARTS) is 1. The molecule has 1 unspecified atom stereocenters. The van der Waals surface area contributed by atoms with Gasteiger partial charge in [-0.05, 0) is 52.2 Å². The van der Waals surface area contributed by atoms with E-state index in [9.17, 15) is 14.7 Å². The molecule has 1 amide bonds. The number of benzene rings is 3. The predicted octanol–water partition coefficient (Wildman–Crippen LogP) is 1.44. The fourth-order valence-electron chi connectivity index (χ4n) is 3.01. The topological polar surface area (TPSA) is 81.6 Å². The second kappa shape index (κ2) is 11.1. The van der Waals surface area contributed by atoms with E-state index in [0.717, 1.165) is 16.7 Å². The van der Waals surface area contributed by atoms with Gasteiger partial charge in [-0.1, -0.05) is 82.7 Å². The van der Waals surface area contributed by atoms with Gasteiger partial charge in [0.1, 0.15) is 0 Å². The molecule has 1 saturated heterocycles. The molecule has 3 aromatic carbocycles. The molecule has 0 aromatic heterocycles. The number of carbonyl (C=O) groups excluding carboxylic acids is 2. The van der Waals surface area contributed by atoms with Crippen LogP contribution in [-0.2, 0) is 9.59 Å². The average Bonchev–Trinajstić information content (AvgIpc) is 3.13. The Kier molecular flexibility index (Phi) is 8.51. The summed E-state index contributed by atoms with van der Waals surface area (Å²) in [6, 6.07) is 24.8. The van der Waals surface area contributed by atoms with Gasteiger partial charge in [0.2, 0.25) is 0 Å². The van der Waals surface area contributed by atoms with Gasteiger partial charge < -0.3 is 15.2 Å². The van der Waals surface area contributed by atoms with Gasteiger partial charge >= 0.3 is 29.6 Å². The van der Waals surface area contributed by atoms with Crippen LogP contribution in [0.15, 0.2) is 88.8 Å². The molecule has 8 heteroatoms. The van der Waals surface area contributed by atoms with E-state index in [2.05, 4.69) is 38.4 Å². The molecule has 0 bridgehead atoms. The summed E-state index contributed by atoms with van der Waals surface area (Å²) in [7, 11) is 0. The van der Waals surface area contributed by atoms with Gasteiger partial charge in [-0.25, -0.2) is 4.99 Å². The second-order valence-electron chi connectivity index (χ2n) is 6.74. The molecule has 1 aliphatic heterocycles. The van der Waals surface area contributed by atoms with Crippen LogP contribution >= 0.6 is 27.7 Å². The minimum absolute atomic E-state index is 0. The van der Waals surface area contributed by atoms with Crippen LogP contribution in [0.25, 0.3) is 17.2 Å². The van der Waals surface area contributed by atoms with E-state index in [1.54, 1.807) is 24.3 Å². The van der Waals surface area contributed by atoms with Crippen molar-refractivity contribution in [2.45, 2.75) is 4.83 Å². The molecule has 1 N–H and O–H groups in total. The quantitative estimate of drug-likeness (QED) is 0.317. The van der Waals surface area contributed by atoms with Crippen LogP contribution in [-0.4, -0.2) is 17.0 Å². The first-order valence-corrected chi connectivity index (χ1v) is 11.1. The van der Waals surface area contributed by atoms with Crippen molar-refractivity contribution in [3.63, 3.8) is 0 Å². The molecule has 1 atom stereocenters. The normalized spacial score (nSPS) is 16.5. The standard InChI is InChI=1S/C24H17BrN2O3S.Na/c25-21(23(29)30)18-10-12-19(13-11-18)26-24-27-22(28)20(31-24)14-15-6-8-17(9-7-15)16-4-2-1-3-5-16;/h1-14,21H,(H,29,30)(H,26,27,28);/q;+1/p-1. The molecule has 1 fully saturated rings. The van der Waals surface area contributed by atoms with Crippen molar-refractivity contribution in [3.8, 4) is 11.1 Å². The summed E-state index contributed by atoms with van der Waals surface area (Å²) in [5, 5.41) is 14.2. The Labute approximate surface area is 220 Å². The van der Waals surface area contributed by atoms with E-state index in [4.69, 9.17) is 0 Å². The van der Waals surface area contributed by atoms with Crippen LogP contribution in [0.5, 0.6) is 0 Å². The van der Waals surface area contributed by atoms with E-state index < -0.39 is 10.8 Å². The molecule has 0 aliphatic carbocycles. The molecule has 0 radical (unpaired) electrons. The third-order valence-electron chi connectivity index (χ3n) is 4.59. The monoisotopic (exact) mass is 514 g/mol. The third-order valence-corrected chi connectivity index (χ3v) is 6.40. The Balaban J connectivity index is 0.00000289. The Morgan fingerprint density at radius 1 is 0.969 bits per heavy atom. The average molecular weight is 515 g/mol. The van der Waals surface area contributed by atoms with Crippen molar-refractivity contribution < 1.29 is 44.3 Å². The largest absolute Gasteiger partial charge is 1.00 e. The maximum Gasteiger partial charge on any atom is 1.00 e. The Morgan fingerprint density at radius 2 is 1.59 bits per heavy atom. The smallest absolute Gasteiger partial charge is 0.549 e. The van der Waals surface area contributed by atoms with Crippen LogP contribution in [0.4, 0.5) is 5.69 Å². The van der Waals surface area contributed by atoms with E-state index >= 15 is 0 Å². The SMILES string of the molecule is O=C1NC(=Nc2ccc(C(Br)C(=O)[O-])cc2)SC1=Cc1ccc(-c2ccccc2)cc1.[Na+]. The summed E-state index contributed by atoms with van der Waals surface area (Å²) in [6.45, 7) is 0. The number of halogens is 1. The molecular weight excluding hydrogens is 499 g/mol. The molecule has 32 heavy (non-hydrogen) atoms. The number of alkyl halides is 1. The summed E-state index contributed by atoms with van der Waals surface area (Å²) in [4.78, 5) is 27.4. The predicted molar refractivity (Wildman–Crippen MR) is 126 cm³/mol. The first kappa shape index (κ1) is 24.5. The van der Waals surface area contributed by atoms with Gasteiger partial charge in [-0.3, -0.25) is 4.79 Å². The summed E-state index contributed by atoms with van der Waals surface area (Å²) < 4.78 is 0. The number of amidine groups is 1. The molecule has 5 nitrogen and oxygen atoms in total. The Hall–Kier alpha value is -2.16. The maximum atomic E-state index is 12.3. The van der Waals surface area contributed by atoms with Crippen LogP contribution in [0.2, 0.25) is 0 Å². The zero-order valence-electron chi connectivity index (χ0n) is 17.1. The minimum Gasteiger partial charge on any atom is -0.549 e. The fourth-order valence-corrected chi connectivity index (χ4v) is 4.15. The molecule has 4 rings (SSSR count). The molecule has 3 aromatic rings. The molecule has 1 heterocycles. The van der Waals surface area contributed by atoms with Crippen LogP contribution < -0.4 is 40.0 Å². The number of nitrogens with zero attached hydrogens (tertiary/aromatic N) is 1. The number of hydrogen-bond acceptors (Lipinski definition) is 5. The van der Waals surface area contributed by atoms with Crippen molar-refractivity contribution >= 4 is 56.5 Å². The first-order valence-electron chi connectivity index (χ1n) is 9.39. The Bertz CT molecular complexity index is 1180. The fraction of sp³-hybridized carbons (Fsp3) is 0.0417. The maximum absolute atomic E-state index is 12.3. The summed E-state index contributed by atoms with van der Waals surface area (Å²) in [6.07, 6.45) is 1.83. The Morgan fingerprint density at radius 3 is 2.22 bits per heavy atom. The van der Waals surface area contributed by atoms with Gasteiger partial charge in [0.05, 0.1) is 21.4 Å². The number of aliphatic imine (C=N–C) groups is 1. The van der Waals surface area contributed by atoms with Gasteiger partial charge in [-0.2, -0.15) is 0 Å². The number of amides is 1. The van der Waals surface area contributed by atoms with Gasteiger partial charge in [0.15, 0.2) is 5.17 Å². The van der Waals surface area contributed by atoms with E-state index in [-0.39, 0.29) is 35.5 Å². The zero-order chi connectivity index (χ0) is 21.8. The number of rotatable bonds is 5. The first-order chi connectivity index (χ1) is 15.0. The number of thioether (sulfide) groups is 1. The van der Waals surface area contributed by atoms with Gasteiger partial charge in [-0.15, -0.1) is 0 Å². The summed E-state index contributed by atoms with van der Waals surface area (Å²) >= 11 is 4.32. The summed E-state index contributed by atoms with van der Waals surface area (Å²) in [5.41, 5.74) is 4.35. The number of nitrogens with one attached hydrogen (secondary N) is 1. The second-order valence-corrected chi connectivity index (χ2v) is 8.69. The number of carbonyl (C=O) groups is 2. The number of carboxylic acids is 1. The van der Waals surface area contributed by atoms with Gasteiger partial charge in [0.25, 0.3) is 5.91 Å². The zero-order valence-corrected chi connectivity index (χ0v) is 21.5. The molecule has 0 saturated carbocycles. The number of hydrogen-bond donors (Lipinski definition) is 1. The van der Waals surface area contributed by atoms with Crippen molar-refractivity contribution in [2.75, 3.05) is 0 Å². The minimum atomic E-state index is -1.20. The van der Waals surface area contributed by atoms with E-state index in [1.165, 1.54) is 11.8 Å². The van der Waals surface area contributed by atoms with Gasteiger partial charge in [0, 0.05) is 0 Å². The molecular formula is C24H16BrN2NaO3S. The van der Waals surface area contributed by atoms with Crippen molar-refractivity contribution in [1.82, 2.24) is 5.32 Å². The van der Waals surface area contributed by atoms with Crippen molar-refractivity contribution in [1.29, 1.82) is 0 Å². The third kappa shape index (κ3) is 5.99. The van der Waals surface area contributed by atoms with Crippen LogP contribution in [0.3, 0.4) is 0 Å². The van der Waals surface area contributed by atoms with E-state index in [0.29, 0.717) is 21.3 Å².